The van der Waals surface area contributed by atoms with Crippen LogP contribution in [0, 0.1) is 0 Å². The lowest BCUT2D eigenvalue weighted by molar-refractivity contribution is -0.141. The second kappa shape index (κ2) is 6.74. The van der Waals surface area contributed by atoms with Gasteiger partial charge in [0.1, 0.15) is 17.9 Å². The summed E-state index contributed by atoms with van der Waals surface area (Å²) in [6.45, 7) is -0.00606. The Balaban J connectivity index is 1.95. The molecule has 3 rings (SSSR count). The summed E-state index contributed by atoms with van der Waals surface area (Å²) < 4.78 is 6.12. The summed E-state index contributed by atoms with van der Waals surface area (Å²) in [6.07, 6.45) is 3.05. The Morgan fingerprint density at radius 3 is 2.87 bits per heavy atom. The van der Waals surface area contributed by atoms with Crippen LogP contribution in [0.25, 0.3) is 11.0 Å². The second-order valence-corrected chi connectivity index (χ2v) is 6.35. The maximum absolute atomic E-state index is 11.4. The van der Waals surface area contributed by atoms with Gasteiger partial charge in [0.15, 0.2) is 5.65 Å². The van der Waals surface area contributed by atoms with Crippen molar-refractivity contribution >= 4 is 52.0 Å². The summed E-state index contributed by atoms with van der Waals surface area (Å²) >= 11 is 13.4. The predicted octanol–water partition coefficient (Wildman–Crippen LogP) is 3.46. The highest BCUT2D eigenvalue weighted by atomic mass is 35.5. The van der Waals surface area contributed by atoms with Gasteiger partial charge in [0.25, 0.3) is 0 Å². The summed E-state index contributed by atoms with van der Waals surface area (Å²) in [6, 6.07) is 5.35. The fraction of sp³-hybridized carbons (Fsp3) is 0.143. The lowest BCUT2D eigenvalue weighted by Crippen LogP contribution is -2.12. The molecule has 0 saturated carbocycles. The predicted molar refractivity (Wildman–Crippen MR) is 87.9 cm³/mol. The van der Waals surface area contributed by atoms with Gasteiger partial charge in [-0.05, 0) is 18.2 Å². The van der Waals surface area contributed by atoms with Crippen molar-refractivity contribution in [2.45, 2.75) is 16.5 Å². The van der Waals surface area contributed by atoms with E-state index in [0.717, 1.165) is 10.3 Å². The Bertz CT molecular complexity index is 884. The molecule has 0 saturated heterocycles. The van der Waals surface area contributed by atoms with E-state index in [1.54, 1.807) is 18.3 Å². The van der Waals surface area contributed by atoms with E-state index in [0.29, 0.717) is 20.7 Å². The van der Waals surface area contributed by atoms with Crippen molar-refractivity contribution < 1.29 is 9.53 Å². The molecule has 6 nitrogen and oxygen atoms in total. The molecule has 118 valence electrons. The fourth-order valence-corrected chi connectivity index (χ4v) is 3.16. The van der Waals surface area contributed by atoms with Gasteiger partial charge in [0.2, 0.25) is 0 Å². The van der Waals surface area contributed by atoms with Gasteiger partial charge in [-0.3, -0.25) is 4.79 Å². The van der Waals surface area contributed by atoms with Crippen molar-refractivity contribution in [3.63, 3.8) is 0 Å². The second-order valence-electron chi connectivity index (χ2n) is 4.47. The summed E-state index contributed by atoms with van der Waals surface area (Å²) in [7, 11) is 1.33. The standard InChI is InChI=1S/C14H10Cl2N4O2S/c1-22-12(21)6-20-13-9(5-19-20)14(18-7-17-13)23-8-2-3-10(15)11(16)4-8/h2-5,7H,6H2,1H3. The number of esters is 1. The molecule has 2 aromatic heterocycles. The summed E-state index contributed by atoms with van der Waals surface area (Å²) in [5.41, 5.74) is 0.563. The third-order valence-electron chi connectivity index (χ3n) is 3.01. The van der Waals surface area contributed by atoms with E-state index in [2.05, 4.69) is 19.8 Å². The van der Waals surface area contributed by atoms with E-state index >= 15 is 0 Å². The number of halogens is 2. The van der Waals surface area contributed by atoms with E-state index in [1.807, 2.05) is 6.07 Å². The highest BCUT2D eigenvalue weighted by Crippen LogP contribution is 2.34. The molecule has 0 radical (unpaired) electrons. The highest BCUT2D eigenvalue weighted by molar-refractivity contribution is 7.99. The Morgan fingerprint density at radius 1 is 1.30 bits per heavy atom. The van der Waals surface area contributed by atoms with Crippen molar-refractivity contribution in [2.75, 3.05) is 7.11 Å². The maximum Gasteiger partial charge on any atom is 0.327 e. The van der Waals surface area contributed by atoms with Crippen LogP contribution in [0.2, 0.25) is 10.0 Å². The van der Waals surface area contributed by atoms with Crippen molar-refractivity contribution in [2.24, 2.45) is 0 Å². The van der Waals surface area contributed by atoms with Crippen molar-refractivity contribution in [3.8, 4) is 0 Å². The first kappa shape index (κ1) is 16.0. The molecule has 0 aliphatic rings. The molecule has 0 atom stereocenters. The van der Waals surface area contributed by atoms with Gasteiger partial charge in [-0.25, -0.2) is 14.6 Å². The number of carbonyl (C=O) groups is 1. The van der Waals surface area contributed by atoms with Gasteiger partial charge >= 0.3 is 5.97 Å². The highest BCUT2D eigenvalue weighted by Gasteiger charge is 2.13. The molecule has 0 aliphatic carbocycles. The molecule has 0 unspecified atom stereocenters. The number of carbonyl (C=O) groups excluding carboxylic acids is 1. The average Bonchev–Trinajstić information content (AvgIpc) is 2.95. The van der Waals surface area contributed by atoms with E-state index < -0.39 is 5.97 Å². The van der Waals surface area contributed by atoms with Crippen LogP contribution in [0.1, 0.15) is 0 Å². The molecule has 0 bridgehead atoms. The van der Waals surface area contributed by atoms with E-state index in [9.17, 15) is 4.79 Å². The number of aromatic nitrogens is 4. The molecule has 9 heteroatoms. The molecule has 0 aliphatic heterocycles. The Morgan fingerprint density at radius 2 is 2.13 bits per heavy atom. The van der Waals surface area contributed by atoms with Gasteiger partial charge in [0, 0.05) is 4.90 Å². The van der Waals surface area contributed by atoms with Crippen LogP contribution in [-0.4, -0.2) is 32.8 Å². The number of hydrogen-bond donors (Lipinski definition) is 0. The van der Waals surface area contributed by atoms with Gasteiger partial charge in [-0.15, -0.1) is 0 Å². The molecule has 2 heterocycles. The van der Waals surface area contributed by atoms with Crippen LogP contribution in [0.5, 0.6) is 0 Å². The summed E-state index contributed by atoms with van der Waals surface area (Å²) in [4.78, 5) is 20.8. The monoisotopic (exact) mass is 368 g/mol. The quantitative estimate of drug-likeness (QED) is 0.518. The minimum absolute atomic E-state index is 0.00606. The Hall–Kier alpha value is -1.83. The molecule has 1 aromatic carbocycles. The van der Waals surface area contributed by atoms with Crippen LogP contribution in [0.4, 0.5) is 0 Å². The molecular weight excluding hydrogens is 359 g/mol. The van der Waals surface area contributed by atoms with E-state index in [1.165, 1.54) is 29.9 Å². The lowest BCUT2D eigenvalue weighted by atomic mass is 10.4. The number of benzene rings is 1. The Labute approximate surface area is 145 Å². The number of ether oxygens (including phenoxy) is 1. The smallest absolute Gasteiger partial charge is 0.327 e. The van der Waals surface area contributed by atoms with Gasteiger partial charge in [-0.2, -0.15) is 5.10 Å². The minimum Gasteiger partial charge on any atom is -0.468 e. The first-order valence-corrected chi connectivity index (χ1v) is 8.02. The summed E-state index contributed by atoms with van der Waals surface area (Å²) in [5.74, 6) is -0.396. The van der Waals surface area contributed by atoms with Gasteiger partial charge < -0.3 is 4.74 Å². The molecular formula is C14H10Cl2N4O2S. The zero-order valence-corrected chi connectivity index (χ0v) is 14.2. The molecule has 3 aromatic rings. The zero-order valence-electron chi connectivity index (χ0n) is 11.9. The topological polar surface area (TPSA) is 69.9 Å². The van der Waals surface area contributed by atoms with Crippen molar-refractivity contribution in [1.29, 1.82) is 0 Å². The van der Waals surface area contributed by atoms with E-state index in [-0.39, 0.29) is 6.54 Å². The summed E-state index contributed by atoms with van der Waals surface area (Å²) in [5, 5.41) is 6.60. The first-order chi connectivity index (χ1) is 11.1. The zero-order chi connectivity index (χ0) is 16.4. The van der Waals surface area contributed by atoms with Crippen molar-refractivity contribution in [1.82, 2.24) is 19.7 Å². The third-order valence-corrected chi connectivity index (χ3v) is 4.76. The van der Waals surface area contributed by atoms with E-state index in [4.69, 9.17) is 23.2 Å². The molecule has 0 fully saturated rings. The molecule has 23 heavy (non-hydrogen) atoms. The molecule has 0 N–H and O–H groups in total. The third kappa shape index (κ3) is 3.41. The minimum atomic E-state index is -0.396. The molecule has 0 amide bonds. The number of nitrogens with zero attached hydrogens (tertiary/aromatic N) is 4. The largest absolute Gasteiger partial charge is 0.468 e. The SMILES string of the molecule is COC(=O)Cn1ncc2c(Sc3ccc(Cl)c(Cl)c3)ncnc21. The number of hydrogen-bond acceptors (Lipinski definition) is 6. The fourth-order valence-electron chi connectivity index (χ4n) is 1.91. The maximum atomic E-state index is 11.4. The number of fused-ring (bicyclic) bond motifs is 1. The van der Waals surface area contributed by atoms with Crippen LogP contribution < -0.4 is 0 Å². The lowest BCUT2D eigenvalue weighted by Gasteiger charge is -2.04. The van der Waals surface area contributed by atoms with Crippen LogP contribution in [-0.2, 0) is 16.1 Å². The van der Waals surface area contributed by atoms with Crippen molar-refractivity contribution in [3.05, 3.63) is 40.8 Å². The van der Waals surface area contributed by atoms with Gasteiger partial charge in [0.05, 0.1) is 28.7 Å². The van der Waals surface area contributed by atoms with Crippen LogP contribution >= 0.6 is 35.0 Å². The van der Waals surface area contributed by atoms with Crippen LogP contribution in [0.3, 0.4) is 0 Å². The molecule has 0 spiro atoms. The first-order valence-electron chi connectivity index (χ1n) is 6.44. The van der Waals surface area contributed by atoms with Gasteiger partial charge in [-0.1, -0.05) is 35.0 Å². The van der Waals surface area contributed by atoms with Crippen LogP contribution in [0.15, 0.2) is 40.6 Å². The average molecular weight is 369 g/mol. The number of methoxy groups -OCH3 is 1. The Kier molecular flexibility index (Phi) is 4.70. The number of rotatable bonds is 4. The normalized spacial score (nSPS) is 10.9.